The van der Waals surface area contributed by atoms with E-state index < -0.39 is 17.2 Å². The standard InChI is InChI=1S/C23H21N3O6/c1-30-20-14-8-9-16(21(20)31-2)15-24-22(18-12-6-7-13-19(18)26(28)29)25(23(27)32-24)17-10-4-3-5-11-17/h3-14,22H,15H2,1-2H3. The van der Waals surface area contributed by atoms with E-state index in [2.05, 4.69) is 0 Å². The lowest BCUT2D eigenvalue weighted by Crippen LogP contribution is -2.32. The zero-order chi connectivity index (χ0) is 22.7. The minimum absolute atomic E-state index is 0.112. The molecule has 1 aliphatic rings. The summed E-state index contributed by atoms with van der Waals surface area (Å²) in [4.78, 5) is 31.3. The molecule has 164 valence electrons. The van der Waals surface area contributed by atoms with Crippen molar-refractivity contribution in [2.45, 2.75) is 12.7 Å². The van der Waals surface area contributed by atoms with Gasteiger partial charge in [-0.15, -0.1) is 5.06 Å². The first-order chi connectivity index (χ1) is 15.5. The number of nitro benzene ring substituents is 1. The molecule has 1 amide bonds. The van der Waals surface area contributed by atoms with Crippen LogP contribution < -0.4 is 14.4 Å². The number of hydrogen-bond acceptors (Lipinski definition) is 7. The molecule has 0 aromatic heterocycles. The minimum atomic E-state index is -0.873. The number of methoxy groups -OCH3 is 2. The molecule has 1 unspecified atom stereocenters. The molecule has 0 radical (unpaired) electrons. The van der Waals surface area contributed by atoms with Crippen molar-refractivity contribution in [3.63, 3.8) is 0 Å². The van der Waals surface area contributed by atoms with E-state index in [1.807, 2.05) is 12.1 Å². The fourth-order valence-electron chi connectivity index (χ4n) is 3.79. The van der Waals surface area contributed by atoms with Gasteiger partial charge >= 0.3 is 6.09 Å². The van der Waals surface area contributed by atoms with Crippen LogP contribution in [0.4, 0.5) is 16.2 Å². The van der Waals surface area contributed by atoms with Gasteiger partial charge in [0.15, 0.2) is 17.7 Å². The fourth-order valence-corrected chi connectivity index (χ4v) is 3.79. The van der Waals surface area contributed by atoms with E-state index in [4.69, 9.17) is 14.3 Å². The lowest BCUT2D eigenvalue weighted by Gasteiger charge is -2.26. The van der Waals surface area contributed by atoms with Gasteiger partial charge in [0, 0.05) is 17.3 Å². The van der Waals surface area contributed by atoms with Crippen molar-refractivity contribution in [2.75, 3.05) is 19.1 Å². The highest BCUT2D eigenvalue weighted by Gasteiger charge is 2.45. The molecule has 1 fully saturated rings. The van der Waals surface area contributed by atoms with Crippen molar-refractivity contribution in [1.29, 1.82) is 0 Å². The zero-order valence-electron chi connectivity index (χ0n) is 17.5. The van der Waals surface area contributed by atoms with Crippen LogP contribution in [0.5, 0.6) is 11.5 Å². The second-order valence-electron chi connectivity index (χ2n) is 6.98. The number of amides is 1. The lowest BCUT2D eigenvalue weighted by molar-refractivity contribution is -0.386. The summed E-state index contributed by atoms with van der Waals surface area (Å²) in [7, 11) is 3.05. The SMILES string of the molecule is COc1cccc(CN2OC(=O)N(c3ccccc3)C2c2ccccc2[N+](=O)[O-])c1OC. The van der Waals surface area contributed by atoms with Crippen LogP contribution in [-0.2, 0) is 11.4 Å². The van der Waals surface area contributed by atoms with Crippen molar-refractivity contribution in [3.8, 4) is 11.5 Å². The summed E-state index contributed by atoms with van der Waals surface area (Å²) in [5.41, 5.74) is 1.47. The quantitative estimate of drug-likeness (QED) is 0.393. The molecule has 9 nitrogen and oxygen atoms in total. The van der Waals surface area contributed by atoms with Crippen LogP contribution >= 0.6 is 0 Å². The van der Waals surface area contributed by atoms with E-state index in [9.17, 15) is 14.9 Å². The van der Waals surface area contributed by atoms with Gasteiger partial charge < -0.3 is 14.3 Å². The molecule has 1 atom stereocenters. The van der Waals surface area contributed by atoms with Gasteiger partial charge in [0.25, 0.3) is 5.69 Å². The van der Waals surface area contributed by atoms with Crippen LogP contribution in [0.3, 0.4) is 0 Å². The summed E-state index contributed by atoms with van der Waals surface area (Å²) in [5, 5.41) is 13.2. The maximum Gasteiger partial charge on any atom is 0.435 e. The topological polar surface area (TPSA) is 94.4 Å². The number of rotatable bonds is 7. The van der Waals surface area contributed by atoms with E-state index in [0.29, 0.717) is 28.3 Å². The number of benzene rings is 3. The summed E-state index contributed by atoms with van der Waals surface area (Å²) < 4.78 is 10.9. The van der Waals surface area contributed by atoms with Gasteiger partial charge in [-0.05, 0) is 24.3 Å². The maximum atomic E-state index is 13.0. The summed E-state index contributed by atoms with van der Waals surface area (Å²) in [6.45, 7) is 0.117. The Bertz CT molecular complexity index is 1140. The van der Waals surface area contributed by atoms with Crippen LogP contribution in [0.2, 0.25) is 0 Å². The van der Waals surface area contributed by atoms with Crippen LogP contribution in [-0.4, -0.2) is 30.3 Å². The molecule has 0 aliphatic carbocycles. The van der Waals surface area contributed by atoms with Crippen molar-refractivity contribution < 1.29 is 24.0 Å². The Hall–Kier alpha value is -4.11. The first kappa shape index (κ1) is 21.1. The molecule has 3 aromatic rings. The Morgan fingerprint density at radius 2 is 1.69 bits per heavy atom. The molecular formula is C23H21N3O6. The third-order valence-corrected chi connectivity index (χ3v) is 5.17. The molecule has 4 rings (SSSR count). The molecule has 32 heavy (non-hydrogen) atoms. The first-order valence-electron chi connectivity index (χ1n) is 9.81. The fraction of sp³-hybridized carbons (Fsp3) is 0.174. The van der Waals surface area contributed by atoms with Gasteiger partial charge in [-0.25, -0.2) is 4.79 Å². The van der Waals surface area contributed by atoms with Crippen molar-refractivity contribution in [2.24, 2.45) is 0 Å². The first-order valence-corrected chi connectivity index (χ1v) is 9.81. The van der Waals surface area contributed by atoms with Crippen molar-refractivity contribution in [3.05, 3.63) is 94.0 Å². The van der Waals surface area contributed by atoms with E-state index in [1.165, 1.54) is 30.2 Å². The molecule has 0 saturated carbocycles. The lowest BCUT2D eigenvalue weighted by atomic mass is 10.1. The number of carbonyl (C=O) groups is 1. The Kier molecular flexibility index (Phi) is 5.91. The molecule has 1 aliphatic heterocycles. The molecule has 0 spiro atoms. The van der Waals surface area contributed by atoms with Gasteiger partial charge in [0.05, 0.1) is 31.3 Å². The van der Waals surface area contributed by atoms with Crippen molar-refractivity contribution >= 4 is 17.5 Å². The minimum Gasteiger partial charge on any atom is -0.493 e. The Morgan fingerprint density at radius 3 is 2.38 bits per heavy atom. The Morgan fingerprint density at radius 1 is 0.969 bits per heavy atom. The Balaban J connectivity index is 1.82. The summed E-state index contributed by atoms with van der Waals surface area (Å²) in [6.07, 6.45) is -1.51. The molecule has 3 aromatic carbocycles. The average molecular weight is 435 g/mol. The molecular weight excluding hydrogens is 414 g/mol. The van der Waals surface area contributed by atoms with Gasteiger partial charge in [0.1, 0.15) is 0 Å². The normalized spacial score (nSPS) is 16.0. The Labute approximate surface area is 184 Å². The van der Waals surface area contributed by atoms with Gasteiger partial charge in [-0.2, -0.15) is 0 Å². The van der Waals surface area contributed by atoms with Crippen LogP contribution in [0.15, 0.2) is 72.8 Å². The smallest absolute Gasteiger partial charge is 0.435 e. The van der Waals surface area contributed by atoms with E-state index in [1.54, 1.807) is 54.6 Å². The summed E-state index contributed by atoms with van der Waals surface area (Å²) >= 11 is 0. The number of carbonyl (C=O) groups excluding carboxylic acids is 1. The third-order valence-electron chi connectivity index (χ3n) is 5.17. The largest absolute Gasteiger partial charge is 0.493 e. The van der Waals surface area contributed by atoms with Crippen LogP contribution in [0, 0.1) is 10.1 Å². The number of para-hydroxylation sites is 3. The van der Waals surface area contributed by atoms with Crippen LogP contribution in [0.25, 0.3) is 0 Å². The summed E-state index contributed by atoms with van der Waals surface area (Å²) in [6, 6.07) is 20.6. The predicted molar refractivity (Wildman–Crippen MR) is 116 cm³/mol. The highest BCUT2D eigenvalue weighted by atomic mass is 16.7. The number of ether oxygens (including phenoxy) is 2. The average Bonchev–Trinajstić information content (AvgIpc) is 3.14. The van der Waals surface area contributed by atoms with Gasteiger partial charge in [0.2, 0.25) is 0 Å². The van der Waals surface area contributed by atoms with Crippen molar-refractivity contribution in [1.82, 2.24) is 5.06 Å². The van der Waals surface area contributed by atoms with Crippen LogP contribution in [0.1, 0.15) is 17.3 Å². The number of nitro groups is 1. The van der Waals surface area contributed by atoms with Gasteiger partial charge in [-0.1, -0.05) is 42.5 Å². The number of anilines is 1. The highest BCUT2D eigenvalue weighted by molar-refractivity contribution is 5.90. The second-order valence-corrected chi connectivity index (χ2v) is 6.98. The van der Waals surface area contributed by atoms with Gasteiger partial charge in [-0.3, -0.25) is 15.0 Å². The zero-order valence-corrected chi connectivity index (χ0v) is 17.5. The molecule has 9 heteroatoms. The second kappa shape index (κ2) is 8.94. The third kappa shape index (κ3) is 3.81. The molecule has 1 heterocycles. The maximum absolute atomic E-state index is 13.0. The number of hydrogen-bond donors (Lipinski definition) is 0. The van der Waals surface area contributed by atoms with E-state index >= 15 is 0 Å². The van der Waals surface area contributed by atoms with E-state index in [-0.39, 0.29) is 12.2 Å². The highest BCUT2D eigenvalue weighted by Crippen LogP contribution is 2.42. The number of hydroxylamine groups is 2. The van der Waals surface area contributed by atoms with E-state index in [0.717, 1.165) is 0 Å². The number of nitrogens with zero attached hydrogens (tertiary/aromatic N) is 3. The monoisotopic (exact) mass is 435 g/mol. The molecule has 0 N–H and O–H groups in total. The molecule has 0 bridgehead atoms. The molecule has 1 saturated heterocycles. The summed E-state index contributed by atoms with van der Waals surface area (Å²) in [5.74, 6) is 1.02. The predicted octanol–water partition coefficient (Wildman–Crippen LogP) is 4.68.